The molecule has 2 aromatic rings. The highest BCUT2D eigenvalue weighted by Crippen LogP contribution is 2.26. The van der Waals surface area contributed by atoms with Crippen molar-refractivity contribution < 1.29 is 9.66 Å². The van der Waals surface area contributed by atoms with E-state index < -0.39 is 4.92 Å². The zero-order chi connectivity index (χ0) is 13.7. The van der Waals surface area contributed by atoms with Crippen molar-refractivity contribution in [2.45, 2.75) is 6.61 Å². The molecule has 0 saturated carbocycles. The zero-order valence-electron chi connectivity index (χ0n) is 9.95. The Balaban J connectivity index is 2.12. The quantitative estimate of drug-likeness (QED) is 0.483. The molecule has 0 aliphatic rings. The summed E-state index contributed by atoms with van der Waals surface area (Å²) in [6.07, 6.45) is 0. The second kappa shape index (κ2) is 5.78. The van der Waals surface area contributed by atoms with Gasteiger partial charge in [0.15, 0.2) is 5.75 Å². The highest BCUT2D eigenvalue weighted by Gasteiger charge is 2.13. The number of benzene rings is 1. The topological polar surface area (TPSA) is 103 Å². The first-order chi connectivity index (χ1) is 9.20. The van der Waals surface area contributed by atoms with Crippen molar-refractivity contribution in [1.29, 1.82) is 0 Å². The van der Waals surface area contributed by atoms with Gasteiger partial charge < -0.3 is 10.2 Å². The van der Waals surface area contributed by atoms with Crippen molar-refractivity contribution in [3.05, 3.63) is 58.3 Å². The molecule has 1 aromatic heterocycles. The molecule has 7 nitrogen and oxygen atoms in total. The number of pyridine rings is 1. The third kappa shape index (κ3) is 3.17. The molecule has 2 rings (SSSR count). The predicted octanol–water partition coefficient (Wildman–Crippen LogP) is 1.85. The van der Waals surface area contributed by atoms with Gasteiger partial charge in [-0.3, -0.25) is 10.1 Å². The van der Waals surface area contributed by atoms with Gasteiger partial charge in [0.05, 0.1) is 10.6 Å². The molecule has 0 amide bonds. The van der Waals surface area contributed by atoms with Gasteiger partial charge in [0.25, 0.3) is 0 Å². The Bertz CT molecular complexity index is 589. The first kappa shape index (κ1) is 12.8. The van der Waals surface area contributed by atoms with Gasteiger partial charge in [0.1, 0.15) is 12.4 Å². The average molecular weight is 260 g/mol. The number of nitrogen functional groups attached to an aromatic ring is 1. The van der Waals surface area contributed by atoms with Gasteiger partial charge in [0, 0.05) is 6.07 Å². The Kier molecular flexibility index (Phi) is 3.89. The Morgan fingerprint density at radius 2 is 2.05 bits per heavy atom. The second-order valence-electron chi connectivity index (χ2n) is 3.67. The number of para-hydroxylation sites is 2. The van der Waals surface area contributed by atoms with Crippen LogP contribution >= 0.6 is 0 Å². The molecule has 3 N–H and O–H groups in total. The molecule has 7 heteroatoms. The van der Waals surface area contributed by atoms with E-state index in [1.54, 1.807) is 36.4 Å². The summed E-state index contributed by atoms with van der Waals surface area (Å²) in [4.78, 5) is 14.5. The standard InChI is InChI=1S/C12H12N4O3/c13-15-12-7-3-4-9(14-12)8-19-11-6-2-1-5-10(11)16(17)18/h1-7H,8,13H2,(H,14,15). The lowest BCUT2D eigenvalue weighted by Gasteiger charge is -2.07. The third-order valence-electron chi connectivity index (χ3n) is 2.39. The van der Waals surface area contributed by atoms with Crippen LogP contribution in [0.1, 0.15) is 5.69 Å². The van der Waals surface area contributed by atoms with E-state index >= 15 is 0 Å². The van der Waals surface area contributed by atoms with E-state index in [9.17, 15) is 10.1 Å². The van der Waals surface area contributed by atoms with Gasteiger partial charge in [0.2, 0.25) is 0 Å². The summed E-state index contributed by atoms with van der Waals surface area (Å²) in [6, 6.07) is 11.4. The molecule has 0 aliphatic carbocycles. The van der Waals surface area contributed by atoms with Crippen LogP contribution in [0, 0.1) is 10.1 Å². The molecule has 0 fully saturated rings. The van der Waals surface area contributed by atoms with Crippen LogP contribution in [0.4, 0.5) is 11.5 Å². The van der Waals surface area contributed by atoms with Gasteiger partial charge >= 0.3 is 5.69 Å². The van der Waals surface area contributed by atoms with Crippen LogP contribution in [0.5, 0.6) is 5.75 Å². The average Bonchev–Trinajstić information content (AvgIpc) is 2.45. The van der Waals surface area contributed by atoms with Crippen molar-refractivity contribution in [2.24, 2.45) is 5.84 Å². The maximum absolute atomic E-state index is 10.8. The lowest BCUT2D eigenvalue weighted by molar-refractivity contribution is -0.385. The smallest absolute Gasteiger partial charge is 0.310 e. The normalized spacial score (nSPS) is 9.95. The predicted molar refractivity (Wildman–Crippen MR) is 69.5 cm³/mol. The molecule has 0 aliphatic heterocycles. The van der Waals surface area contributed by atoms with E-state index in [-0.39, 0.29) is 18.0 Å². The van der Waals surface area contributed by atoms with E-state index in [0.29, 0.717) is 11.5 Å². The Morgan fingerprint density at radius 1 is 1.26 bits per heavy atom. The van der Waals surface area contributed by atoms with Crippen molar-refractivity contribution in [2.75, 3.05) is 5.43 Å². The molecule has 0 saturated heterocycles. The SMILES string of the molecule is NNc1cccc(COc2ccccc2[N+](=O)[O-])n1. The minimum atomic E-state index is -0.485. The summed E-state index contributed by atoms with van der Waals surface area (Å²) in [5.41, 5.74) is 2.97. The first-order valence-corrected chi connectivity index (χ1v) is 5.49. The maximum atomic E-state index is 10.8. The minimum absolute atomic E-state index is 0.0735. The number of hydrazine groups is 1. The zero-order valence-corrected chi connectivity index (χ0v) is 9.95. The number of nitrogens with one attached hydrogen (secondary N) is 1. The Labute approximate surface area is 109 Å². The molecule has 19 heavy (non-hydrogen) atoms. The van der Waals surface area contributed by atoms with Gasteiger partial charge in [-0.1, -0.05) is 18.2 Å². The third-order valence-corrected chi connectivity index (χ3v) is 2.39. The van der Waals surface area contributed by atoms with Gasteiger partial charge in [-0.2, -0.15) is 0 Å². The van der Waals surface area contributed by atoms with Gasteiger partial charge in [-0.25, -0.2) is 10.8 Å². The molecular formula is C12H12N4O3. The summed E-state index contributed by atoms with van der Waals surface area (Å²) in [5.74, 6) is 5.96. The number of hydrogen-bond donors (Lipinski definition) is 2. The summed E-state index contributed by atoms with van der Waals surface area (Å²) in [6.45, 7) is 0.125. The minimum Gasteiger partial charge on any atom is -0.480 e. The van der Waals surface area contributed by atoms with Crippen LogP contribution in [-0.4, -0.2) is 9.91 Å². The highest BCUT2D eigenvalue weighted by molar-refractivity contribution is 5.45. The van der Waals surface area contributed by atoms with Gasteiger partial charge in [-0.05, 0) is 18.2 Å². The molecule has 0 bridgehead atoms. The second-order valence-corrected chi connectivity index (χ2v) is 3.67. The van der Waals surface area contributed by atoms with Crippen LogP contribution in [-0.2, 0) is 6.61 Å². The fourth-order valence-electron chi connectivity index (χ4n) is 1.52. The summed E-state index contributed by atoms with van der Waals surface area (Å²) in [5, 5.41) is 10.8. The maximum Gasteiger partial charge on any atom is 0.310 e. The van der Waals surface area contributed by atoms with Crippen LogP contribution in [0.2, 0.25) is 0 Å². The number of rotatable bonds is 5. The number of hydrogen-bond acceptors (Lipinski definition) is 6. The number of aromatic nitrogens is 1. The number of nitrogens with two attached hydrogens (primary N) is 1. The van der Waals surface area contributed by atoms with E-state index in [1.165, 1.54) is 6.07 Å². The Hall–Kier alpha value is -2.67. The monoisotopic (exact) mass is 260 g/mol. The van der Waals surface area contributed by atoms with Crippen molar-refractivity contribution in [3.8, 4) is 5.75 Å². The molecule has 0 atom stereocenters. The number of nitro benzene ring substituents is 1. The van der Waals surface area contributed by atoms with Crippen molar-refractivity contribution in [3.63, 3.8) is 0 Å². The highest BCUT2D eigenvalue weighted by atomic mass is 16.6. The molecule has 1 heterocycles. The number of nitro groups is 1. The molecule has 1 aromatic carbocycles. The lowest BCUT2D eigenvalue weighted by Crippen LogP contribution is -2.10. The van der Waals surface area contributed by atoms with Crippen LogP contribution in [0.3, 0.4) is 0 Å². The fraction of sp³-hybridized carbons (Fsp3) is 0.0833. The van der Waals surface area contributed by atoms with Crippen molar-refractivity contribution >= 4 is 11.5 Å². The van der Waals surface area contributed by atoms with Crippen LogP contribution < -0.4 is 16.0 Å². The molecule has 0 unspecified atom stereocenters. The van der Waals surface area contributed by atoms with E-state index in [4.69, 9.17) is 10.6 Å². The molecular weight excluding hydrogens is 248 g/mol. The van der Waals surface area contributed by atoms with Crippen LogP contribution in [0.15, 0.2) is 42.5 Å². The summed E-state index contributed by atoms with van der Waals surface area (Å²) < 4.78 is 5.41. The largest absolute Gasteiger partial charge is 0.480 e. The summed E-state index contributed by atoms with van der Waals surface area (Å²) >= 11 is 0. The molecule has 0 radical (unpaired) electrons. The number of anilines is 1. The molecule has 98 valence electrons. The summed E-state index contributed by atoms with van der Waals surface area (Å²) in [7, 11) is 0. The number of ether oxygens (including phenoxy) is 1. The van der Waals surface area contributed by atoms with E-state index in [2.05, 4.69) is 10.4 Å². The van der Waals surface area contributed by atoms with Crippen molar-refractivity contribution in [1.82, 2.24) is 4.98 Å². The lowest BCUT2D eigenvalue weighted by atomic mass is 10.3. The van der Waals surface area contributed by atoms with Crippen LogP contribution in [0.25, 0.3) is 0 Å². The molecule has 0 spiro atoms. The fourth-order valence-corrected chi connectivity index (χ4v) is 1.52. The Morgan fingerprint density at radius 3 is 2.79 bits per heavy atom. The van der Waals surface area contributed by atoms with Gasteiger partial charge in [-0.15, -0.1) is 0 Å². The van der Waals surface area contributed by atoms with E-state index in [1.807, 2.05) is 0 Å². The number of nitrogens with zero attached hydrogens (tertiary/aromatic N) is 2. The first-order valence-electron chi connectivity index (χ1n) is 5.49. The van der Waals surface area contributed by atoms with E-state index in [0.717, 1.165) is 0 Å².